The Balaban J connectivity index is 1.40. The highest BCUT2D eigenvalue weighted by molar-refractivity contribution is 7.13. The van der Waals surface area contributed by atoms with Crippen LogP contribution >= 0.6 is 22.9 Å². The van der Waals surface area contributed by atoms with Crippen LogP contribution in [0.15, 0.2) is 78.2 Å². The molecule has 0 aliphatic carbocycles. The molecule has 0 radical (unpaired) electrons. The summed E-state index contributed by atoms with van der Waals surface area (Å²) in [6, 6.07) is 22.3. The lowest BCUT2D eigenvalue weighted by molar-refractivity contribution is -0.123. The molecule has 164 valence electrons. The van der Waals surface area contributed by atoms with Gasteiger partial charge in [-0.05, 0) is 42.5 Å². The first-order valence-corrected chi connectivity index (χ1v) is 11.5. The molecule has 1 aliphatic heterocycles. The van der Waals surface area contributed by atoms with Crippen LogP contribution in [0.2, 0.25) is 5.02 Å². The summed E-state index contributed by atoms with van der Waals surface area (Å²) in [5.41, 5.74) is 3.84. The summed E-state index contributed by atoms with van der Waals surface area (Å²) in [7, 11) is 0. The molecule has 0 unspecified atom stereocenters. The number of nitrogens with zero attached hydrogens (tertiary/aromatic N) is 2. The molecule has 2 heterocycles. The quantitative estimate of drug-likeness (QED) is 0.414. The topological polar surface area (TPSA) is 71.5 Å². The minimum Gasteiger partial charge on any atom is -0.482 e. The van der Waals surface area contributed by atoms with Crippen LogP contribution in [0, 0.1) is 0 Å². The zero-order valence-corrected chi connectivity index (χ0v) is 18.9. The molecule has 33 heavy (non-hydrogen) atoms. The first kappa shape index (κ1) is 21.2. The molecular weight excluding hydrogens is 458 g/mol. The highest BCUT2D eigenvalue weighted by Crippen LogP contribution is 2.37. The van der Waals surface area contributed by atoms with E-state index >= 15 is 0 Å². The number of nitrogens with one attached hydrogen (secondary N) is 1. The summed E-state index contributed by atoms with van der Waals surface area (Å²) >= 11 is 7.45. The van der Waals surface area contributed by atoms with Gasteiger partial charge in [0.2, 0.25) is 5.91 Å². The predicted molar refractivity (Wildman–Crippen MR) is 131 cm³/mol. The van der Waals surface area contributed by atoms with Crippen LogP contribution in [0.1, 0.15) is 0 Å². The van der Waals surface area contributed by atoms with E-state index in [2.05, 4.69) is 5.32 Å². The molecule has 0 saturated carbocycles. The van der Waals surface area contributed by atoms with Crippen molar-refractivity contribution in [1.82, 2.24) is 4.98 Å². The van der Waals surface area contributed by atoms with E-state index in [0.717, 1.165) is 21.8 Å². The number of thiazole rings is 1. The molecular formula is C25H18ClN3O3S. The maximum atomic E-state index is 12.6. The van der Waals surface area contributed by atoms with Crippen molar-refractivity contribution in [2.45, 2.75) is 0 Å². The van der Waals surface area contributed by atoms with E-state index < -0.39 is 0 Å². The van der Waals surface area contributed by atoms with Gasteiger partial charge in [0.25, 0.3) is 5.91 Å². The van der Waals surface area contributed by atoms with E-state index in [9.17, 15) is 9.59 Å². The summed E-state index contributed by atoms with van der Waals surface area (Å²) in [5, 5.41) is 6.26. The zero-order chi connectivity index (χ0) is 22.8. The van der Waals surface area contributed by atoms with Gasteiger partial charge in [-0.15, -0.1) is 11.3 Å². The number of anilines is 2. The molecule has 1 N–H and O–H groups in total. The molecule has 1 aliphatic rings. The van der Waals surface area contributed by atoms with E-state index in [1.807, 2.05) is 53.9 Å². The van der Waals surface area contributed by atoms with E-state index in [0.29, 0.717) is 22.1 Å². The third-order valence-corrected chi connectivity index (χ3v) is 6.30. The highest BCUT2D eigenvalue weighted by Gasteiger charge is 2.28. The van der Waals surface area contributed by atoms with Crippen molar-refractivity contribution in [2.75, 3.05) is 23.4 Å². The highest BCUT2D eigenvalue weighted by atomic mass is 35.5. The zero-order valence-electron chi connectivity index (χ0n) is 17.3. The Hall–Kier alpha value is -3.68. The Bertz CT molecular complexity index is 1320. The molecule has 4 aromatic rings. The van der Waals surface area contributed by atoms with Crippen molar-refractivity contribution in [2.24, 2.45) is 0 Å². The van der Waals surface area contributed by atoms with Gasteiger partial charge >= 0.3 is 0 Å². The fraction of sp³-hybridized carbons (Fsp3) is 0.0800. The fourth-order valence-electron chi connectivity index (χ4n) is 3.53. The fourth-order valence-corrected chi connectivity index (χ4v) is 4.49. The summed E-state index contributed by atoms with van der Waals surface area (Å²) < 4.78 is 5.59. The van der Waals surface area contributed by atoms with E-state index in [4.69, 9.17) is 21.3 Å². The van der Waals surface area contributed by atoms with Crippen molar-refractivity contribution in [3.8, 4) is 27.6 Å². The van der Waals surface area contributed by atoms with Crippen LogP contribution in [0.3, 0.4) is 0 Å². The number of rotatable bonds is 5. The molecule has 6 nitrogen and oxygen atoms in total. The molecule has 2 amide bonds. The molecule has 0 atom stereocenters. The first-order valence-electron chi connectivity index (χ1n) is 10.2. The van der Waals surface area contributed by atoms with Gasteiger partial charge in [-0.3, -0.25) is 14.5 Å². The summed E-state index contributed by atoms with van der Waals surface area (Å²) in [5.74, 6) is -0.0470. The van der Waals surface area contributed by atoms with Crippen LogP contribution in [-0.4, -0.2) is 29.9 Å². The Morgan fingerprint density at radius 1 is 1.06 bits per heavy atom. The van der Waals surface area contributed by atoms with Gasteiger partial charge in [0.15, 0.2) is 6.61 Å². The standard InChI is InChI=1S/C25H18ClN3O3S/c26-18-7-9-19(10-8-18)27-23(30)13-29-21-12-17(6-11-22(21)32-14-24(29)31)20-15-33-25(28-20)16-4-2-1-3-5-16/h1-12,15H,13-14H2,(H,27,30). The van der Waals surface area contributed by atoms with Crippen molar-refractivity contribution in [3.63, 3.8) is 0 Å². The molecule has 1 aromatic heterocycles. The number of carbonyl (C=O) groups is 2. The van der Waals surface area contributed by atoms with Gasteiger partial charge in [0.1, 0.15) is 17.3 Å². The number of carbonyl (C=O) groups excluding carboxylic acids is 2. The molecule has 5 rings (SSSR count). The van der Waals surface area contributed by atoms with Crippen LogP contribution in [-0.2, 0) is 9.59 Å². The van der Waals surface area contributed by atoms with Gasteiger partial charge in [-0.2, -0.15) is 0 Å². The Labute approximate surface area is 199 Å². The molecule has 3 aromatic carbocycles. The third kappa shape index (κ3) is 4.60. The number of ether oxygens (including phenoxy) is 1. The first-order chi connectivity index (χ1) is 16.1. The van der Waals surface area contributed by atoms with Crippen LogP contribution < -0.4 is 15.0 Å². The second-order valence-electron chi connectivity index (χ2n) is 7.41. The average molecular weight is 476 g/mol. The average Bonchev–Trinajstić information content (AvgIpc) is 3.33. The van der Waals surface area contributed by atoms with Crippen LogP contribution in [0.25, 0.3) is 21.8 Å². The second kappa shape index (κ2) is 9.05. The lowest BCUT2D eigenvalue weighted by atomic mass is 10.1. The van der Waals surface area contributed by atoms with E-state index in [1.165, 1.54) is 4.90 Å². The van der Waals surface area contributed by atoms with Crippen LogP contribution in [0.5, 0.6) is 5.75 Å². The Morgan fingerprint density at radius 2 is 1.85 bits per heavy atom. The molecule has 0 bridgehead atoms. The minimum absolute atomic E-state index is 0.116. The smallest absolute Gasteiger partial charge is 0.265 e. The summed E-state index contributed by atoms with van der Waals surface area (Å²) in [4.78, 5) is 31.5. The van der Waals surface area contributed by atoms with E-state index in [1.54, 1.807) is 35.6 Å². The van der Waals surface area contributed by atoms with Crippen molar-refractivity contribution >= 4 is 46.1 Å². The summed E-state index contributed by atoms with van der Waals surface area (Å²) in [6.45, 7) is -0.247. The SMILES string of the molecule is O=C(CN1C(=O)COc2ccc(-c3csc(-c4ccccc4)n3)cc21)Nc1ccc(Cl)cc1. The number of benzene rings is 3. The largest absolute Gasteiger partial charge is 0.482 e. The Morgan fingerprint density at radius 3 is 2.64 bits per heavy atom. The lowest BCUT2D eigenvalue weighted by Crippen LogP contribution is -2.43. The molecule has 8 heteroatoms. The number of halogens is 1. The second-order valence-corrected chi connectivity index (χ2v) is 8.70. The normalized spacial score (nSPS) is 12.8. The predicted octanol–water partition coefficient (Wildman–Crippen LogP) is 5.49. The van der Waals surface area contributed by atoms with Gasteiger partial charge in [-0.1, -0.05) is 41.9 Å². The molecule has 0 fully saturated rings. The minimum atomic E-state index is -0.316. The number of hydrogen-bond donors (Lipinski definition) is 1. The number of fused-ring (bicyclic) bond motifs is 1. The maximum absolute atomic E-state index is 12.6. The van der Waals surface area contributed by atoms with Gasteiger partial charge in [-0.25, -0.2) is 4.98 Å². The number of amides is 2. The molecule has 0 saturated heterocycles. The van der Waals surface area contributed by atoms with Gasteiger partial charge in [0, 0.05) is 27.2 Å². The van der Waals surface area contributed by atoms with Crippen molar-refractivity contribution in [3.05, 3.63) is 83.2 Å². The Kier molecular flexibility index (Phi) is 5.81. The van der Waals surface area contributed by atoms with Crippen LogP contribution in [0.4, 0.5) is 11.4 Å². The summed E-state index contributed by atoms with van der Waals surface area (Å²) in [6.07, 6.45) is 0. The van der Waals surface area contributed by atoms with Crippen molar-refractivity contribution < 1.29 is 14.3 Å². The van der Waals surface area contributed by atoms with Gasteiger partial charge in [0.05, 0.1) is 11.4 Å². The third-order valence-electron chi connectivity index (χ3n) is 5.15. The number of hydrogen-bond acceptors (Lipinski definition) is 5. The van der Waals surface area contributed by atoms with Gasteiger partial charge < -0.3 is 10.1 Å². The number of aromatic nitrogens is 1. The molecule has 0 spiro atoms. The maximum Gasteiger partial charge on any atom is 0.265 e. The lowest BCUT2D eigenvalue weighted by Gasteiger charge is -2.29. The van der Waals surface area contributed by atoms with Crippen molar-refractivity contribution in [1.29, 1.82) is 0 Å². The van der Waals surface area contributed by atoms with E-state index in [-0.39, 0.29) is 25.0 Å². The monoisotopic (exact) mass is 475 g/mol.